The molecule has 4 saturated carbocycles. The van der Waals surface area contributed by atoms with E-state index in [2.05, 4.69) is 20.4 Å². The Morgan fingerprint density at radius 3 is 2.52 bits per heavy atom. The van der Waals surface area contributed by atoms with Gasteiger partial charge in [0.25, 0.3) is 0 Å². The predicted octanol–water partition coefficient (Wildman–Crippen LogP) is 1.25. The third kappa shape index (κ3) is 1.75. The molecule has 0 aromatic heterocycles. The molecule has 0 unspecified atom stereocenters. The lowest BCUT2D eigenvalue weighted by Crippen LogP contribution is -2.70. The van der Waals surface area contributed by atoms with Crippen molar-refractivity contribution in [2.24, 2.45) is 34.0 Å². The highest BCUT2D eigenvalue weighted by molar-refractivity contribution is 6.09. The van der Waals surface area contributed by atoms with E-state index in [9.17, 15) is 24.9 Å². The molecule has 4 aliphatic rings. The first-order chi connectivity index (χ1) is 11.6. The van der Waals surface area contributed by atoms with Gasteiger partial charge in [-0.25, -0.2) is 0 Å². The van der Waals surface area contributed by atoms with Gasteiger partial charge in [-0.15, -0.1) is 0 Å². The minimum atomic E-state index is -1.51. The Morgan fingerprint density at radius 2 is 1.88 bits per heavy atom. The zero-order chi connectivity index (χ0) is 18.4. The lowest BCUT2D eigenvalue weighted by Gasteiger charge is -2.64. The Labute approximate surface area is 148 Å². The molecule has 25 heavy (non-hydrogen) atoms. The molecular formula is C20H28O5. The zero-order valence-corrected chi connectivity index (χ0v) is 15.0. The van der Waals surface area contributed by atoms with E-state index in [1.54, 1.807) is 0 Å². The van der Waals surface area contributed by atoms with Crippen LogP contribution in [0.2, 0.25) is 0 Å². The Balaban J connectivity index is 1.96. The van der Waals surface area contributed by atoms with E-state index in [1.807, 2.05) is 0 Å². The fourth-order valence-corrected chi connectivity index (χ4v) is 7.18. The van der Waals surface area contributed by atoms with Crippen LogP contribution in [-0.4, -0.2) is 45.7 Å². The molecule has 3 N–H and O–H groups in total. The van der Waals surface area contributed by atoms with Crippen LogP contribution in [0.3, 0.4) is 0 Å². The van der Waals surface area contributed by atoms with Crippen LogP contribution >= 0.6 is 0 Å². The van der Waals surface area contributed by atoms with Gasteiger partial charge in [-0.3, -0.25) is 9.59 Å². The van der Waals surface area contributed by atoms with Crippen molar-refractivity contribution in [2.75, 3.05) is 6.61 Å². The van der Waals surface area contributed by atoms with Crippen molar-refractivity contribution in [1.29, 1.82) is 0 Å². The Bertz CT molecular complexity index is 667. The van der Waals surface area contributed by atoms with Crippen LogP contribution in [-0.2, 0) is 9.59 Å². The summed E-state index contributed by atoms with van der Waals surface area (Å²) in [6, 6.07) is 0. The zero-order valence-electron chi connectivity index (χ0n) is 15.0. The van der Waals surface area contributed by atoms with Crippen LogP contribution < -0.4 is 0 Å². The van der Waals surface area contributed by atoms with Crippen molar-refractivity contribution in [1.82, 2.24) is 0 Å². The first kappa shape index (κ1) is 17.4. The van der Waals surface area contributed by atoms with Crippen LogP contribution in [0, 0.1) is 34.0 Å². The molecule has 4 aliphatic carbocycles. The van der Waals surface area contributed by atoms with Crippen LogP contribution in [0.4, 0.5) is 0 Å². The van der Waals surface area contributed by atoms with Crippen molar-refractivity contribution < 1.29 is 24.9 Å². The van der Waals surface area contributed by atoms with Gasteiger partial charge in [0, 0.05) is 30.3 Å². The largest absolute Gasteiger partial charge is 0.396 e. The number of hydrogen-bond acceptors (Lipinski definition) is 5. The number of Topliss-reactive ketones (excluding diaryl/α,β-unsaturated/α-hetero) is 2. The minimum absolute atomic E-state index is 0.0567. The van der Waals surface area contributed by atoms with E-state index >= 15 is 0 Å². The molecule has 0 aromatic rings. The first-order valence-corrected chi connectivity index (χ1v) is 9.38. The lowest BCUT2D eigenvalue weighted by atomic mass is 9.39. The third-order valence-corrected chi connectivity index (χ3v) is 8.20. The quantitative estimate of drug-likeness (QED) is 0.620. The summed E-state index contributed by atoms with van der Waals surface area (Å²) in [6.07, 6.45) is 0.743. The number of carbonyl (C=O) groups is 2. The molecule has 4 rings (SSSR count). The van der Waals surface area contributed by atoms with Crippen molar-refractivity contribution in [3.63, 3.8) is 0 Å². The van der Waals surface area contributed by atoms with Gasteiger partial charge < -0.3 is 15.3 Å². The number of aliphatic hydroxyl groups is 3. The van der Waals surface area contributed by atoms with Gasteiger partial charge in [-0.05, 0) is 36.2 Å². The summed E-state index contributed by atoms with van der Waals surface area (Å²) < 4.78 is 0. The first-order valence-electron chi connectivity index (χ1n) is 9.38. The molecule has 5 heteroatoms. The summed E-state index contributed by atoms with van der Waals surface area (Å²) in [4.78, 5) is 26.3. The summed E-state index contributed by atoms with van der Waals surface area (Å²) >= 11 is 0. The second-order valence-electron chi connectivity index (χ2n) is 9.48. The number of rotatable bonds is 1. The number of ketones is 2. The number of carbonyl (C=O) groups excluding carboxylic acids is 2. The molecule has 0 heterocycles. The molecule has 138 valence electrons. The van der Waals surface area contributed by atoms with Gasteiger partial charge in [-0.1, -0.05) is 26.8 Å². The highest BCUT2D eigenvalue weighted by Crippen LogP contribution is 2.70. The highest BCUT2D eigenvalue weighted by atomic mass is 16.3. The number of fused-ring (bicyclic) bond motifs is 3. The van der Waals surface area contributed by atoms with Crippen molar-refractivity contribution >= 4 is 11.6 Å². The molecule has 0 amide bonds. The third-order valence-electron chi connectivity index (χ3n) is 8.20. The maximum absolute atomic E-state index is 13.2. The standard InChI is InChI=1S/C20H28O5/c1-10-11-7-12(22)15-19(9-21)6-4-5-18(2,3)13(19)8-14(23)20(15,16(10)24)17(11)25/h11,13-15,17,21,23,25H,1,4-9H2,2-3H3/t11-,13-,14-,15+,17+,19+,20+/m1/s1. The van der Waals surface area contributed by atoms with E-state index in [-0.39, 0.29) is 41.5 Å². The van der Waals surface area contributed by atoms with Gasteiger partial charge in [0.05, 0.1) is 17.6 Å². The van der Waals surface area contributed by atoms with Crippen LogP contribution in [0.5, 0.6) is 0 Å². The summed E-state index contributed by atoms with van der Waals surface area (Å²) in [5.41, 5.74) is -2.12. The van der Waals surface area contributed by atoms with E-state index in [4.69, 9.17) is 0 Å². The molecule has 0 saturated heterocycles. The van der Waals surface area contributed by atoms with Gasteiger partial charge in [0.2, 0.25) is 0 Å². The average molecular weight is 348 g/mol. The molecule has 7 atom stereocenters. The van der Waals surface area contributed by atoms with Gasteiger partial charge in [-0.2, -0.15) is 0 Å². The molecule has 0 aromatic carbocycles. The van der Waals surface area contributed by atoms with Crippen LogP contribution in [0.1, 0.15) is 46.0 Å². The van der Waals surface area contributed by atoms with Gasteiger partial charge in [0.15, 0.2) is 5.78 Å². The van der Waals surface area contributed by atoms with E-state index in [0.717, 1.165) is 12.8 Å². The molecule has 0 radical (unpaired) electrons. The van der Waals surface area contributed by atoms with Gasteiger partial charge in [0.1, 0.15) is 5.78 Å². The molecule has 5 nitrogen and oxygen atoms in total. The Kier molecular flexibility index (Phi) is 3.49. The van der Waals surface area contributed by atoms with Crippen LogP contribution in [0.25, 0.3) is 0 Å². The summed E-state index contributed by atoms with van der Waals surface area (Å²) in [5, 5.41) is 32.5. The smallest absolute Gasteiger partial charge is 0.170 e. The van der Waals surface area contributed by atoms with E-state index in [0.29, 0.717) is 12.8 Å². The van der Waals surface area contributed by atoms with E-state index < -0.39 is 34.9 Å². The normalized spacial score (nSPS) is 51.2. The monoisotopic (exact) mass is 348 g/mol. The Morgan fingerprint density at radius 1 is 1.20 bits per heavy atom. The molecule has 2 bridgehead atoms. The van der Waals surface area contributed by atoms with Crippen molar-refractivity contribution in [3.8, 4) is 0 Å². The molecule has 0 aliphatic heterocycles. The maximum atomic E-state index is 13.2. The minimum Gasteiger partial charge on any atom is -0.396 e. The SMILES string of the molecule is C=C1C(=O)[C@]23[C@H](O)C[C@@H]4C(C)(C)CCC[C@@]4(CO)[C@@H]2C(=O)C[C@H]1[C@@H]3O. The molecule has 1 spiro atoms. The van der Waals surface area contributed by atoms with Crippen molar-refractivity contribution in [2.45, 2.75) is 58.2 Å². The summed E-state index contributed by atoms with van der Waals surface area (Å²) in [7, 11) is 0. The van der Waals surface area contributed by atoms with Crippen molar-refractivity contribution in [3.05, 3.63) is 12.2 Å². The van der Waals surface area contributed by atoms with E-state index in [1.165, 1.54) is 0 Å². The maximum Gasteiger partial charge on any atom is 0.170 e. The topological polar surface area (TPSA) is 94.8 Å². The average Bonchev–Trinajstić information content (AvgIpc) is 2.67. The molecular weight excluding hydrogens is 320 g/mol. The fraction of sp³-hybridized carbons (Fsp3) is 0.800. The van der Waals surface area contributed by atoms with Gasteiger partial charge >= 0.3 is 0 Å². The second-order valence-corrected chi connectivity index (χ2v) is 9.48. The number of aliphatic hydroxyl groups excluding tert-OH is 3. The van der Waals surface area contributed by atoms with Crippen LogP contribution in [0.15, 0.2) is 12.2 Å². The number of hydrogen-bond donors (Lipinski definition) is 3. The summed E-state index contributed by atoms with van der Waals surface area (Å²) in [6.45, 7) is 7.88. The second kappa shape index (κ2) is 5.02. The molecule has 4 fully saturated rings. The lowest BCUT2D eigenvalue weighted by molar-refractivity contribution is -0.232. The summed E-state index contributed by atoms with van der Waals surface area (Å²) in [5.74, 6) is -1.93. The Hall–Kier alpha value is -1.04. The fourth-order valence-electron chi connectivity index (χ4n) is 7.18. The highest BCUT2D eigenvalue weighted by Gasteiger charge is 2.76. The predicted molar refractivity (Wildman–Crippen MR) is 90.5 cm³/mol.